The first-order valence-corrected chi connectivity index (χ1v) is 10.3. The van der Waals surface area contributed by atoms with E-state index >= 15 is 0 Å². The number of hydrogen-bond donors (Lipinski definition) is 1. The summed E-state index contributed by atoms with van der Waals surface area (Å²) in [6, 6.07) is 13.5. The van der Waals surface area contributed by atoms with E-state index in [0.717, 1.165) is 5.56 Å². The van der Waals surface area contributed by atoms with Crippen LogP contribution in [0.4, 0.5) is 0 Å². The van der Waals surface area contributed by atoms with E-state index in [1.807, 2.05) is 30.3 Å². The van der Waals surface area contributed by atoms with E-state index in [1.165, 1.54) is 27.9 Å². The number of carbonyl (C=O) groups is 1. The van der Waals surface area contributed by atoms with Crippen molar-refractivity contribution in [3.05, 3.63) is 70.1 Å². The fourth-order valence-electron chi connectivity index (χ4n) is 2.78. The van der Waals surface area contributed by atoms with Gasteiger partial charge < -0.3 is 10.0 Å². The summed E-state index contributed by atoms with van der Waals surface area (Å²) in [4.78, 5) is 14.1. The summed E-state index contributed by atoms with van der Waals surface area (Å²) in [7, 11) is -3.55. The van der Waals surface area contributed by atoms with Gasteiger partial charge in [0.25, 0.3) is 5.91 Å². The molecule has 0 bridgehead atoms. The largest absolute Gasteiger partial charge is 0.506 e. The number of sulfonamides is 1. The van der Waals surface area contributed by atoms with Crippen LogP contribution in [0.3, 0.4) is 0 Å². The molecule has 1 saturated heterocycles. The summed E-state index contributed by atoms with van der Waals surface area (Å²) in [5.74, 6) is -0.330. The van der Waals surface area contributed by atoms with Crippen LogP contribution in [0, 0.1) is 0 Å². The van der Waals surface area contributed by atoms with E-state index in [4.69, 9.17) is 11.6 Å². The zero-order valence-electron chi connectivity index (χ0n) is 14.5. The van der Waals surface area contributed by atoms with Crippen molar-refractivity contribution in [2.75, 3.05) is 26.2 Å². The minimum absolute atomic E-state index is 0.0886. The first kappa shape index (κ1) is 19.4. The number of nitrogens with zero attached hydrogens (tertiary/aromatic N) is 2. The quantitative estimate of drug-likeness (QED) is 0.846. The Morgan fingerprint density at radius 1 is 1.04 bits per heavy atom. The van der Waals surface area contributed by atoms with Gasteiger partial charge in [0.15, 0.2) is 0 Å². The van der Waals surface area contributed by atoms with Crippen LogP contribution in [0.25, 0.3) is 6.08 Å². The van der Waals surface area contributed by atoms with Crippen LogP contribution in [0.1, 0.15) is 15.9 Å². The predicted octanol–water partition coefficient (Wildman–Crippen LogP) is 2.80. The number of hydrogen-bond acceptors (Lipinski definition) is 4. The normalized spacial score (nSPS) is 16.0. The van der Waals surface area contributed by atoms with Gasteiger partial charge in [-0.1, -0.05) is 41.9 Å². The average Bonchev–Trinajstić information content (AvgIpc) is 2.69. The fourth-order valence-corrected chi connectivity index (χ4v) is 4.14. The number of rotatable bonds is 4. The standard InChI is InChI=1S/C19H19ClN2O4S/c20-17-14-16(6-7-18(17)23)19(24)21-9-11-22(12-10-21)27(25,26)13-8-15-4-2-1-3-5-15/h1-8,13-14,23H,9-12H2/b13-8+. The van der Waals surface area contributed by atoms with Crippen molar-refractivity contribution in [1.29, 1.82) is 0 Å². The first-order chi connectivity index (χ1) is 12.9. The highest BCUT2D eigenvalue weighted by Crippen LogP contribution is 2.24. The molecule has 27 heavy (non-hydrogen) atoms. The Morgan fingerprint density at radius 3 is 2.33 bits per heavy atom. The van der Waals surface area contributed by atoms with Crippen molar-refractivity contribution in [3.63, 3.8) is 0 Å². The number of aromatic hydroxyl groups is 1. The van der Waals surface area contributed by atoms with Crippen LogP contribution in [0.5, 0.6) is 5.75 Å². The molecule has 0 aromatic heterocycles. The predicted molar refractivity (Wildman–Crippen MR) is 105 cm³/mol. The molecule has 0 aliphatic carbocycles. The number of amides is 1. The second-order valence-corrected chi connectivity index (χ2v) is 8.34. The molecule has 0 spiro atoms. The molecule has 6 nitrogen and oxygen atoms in total. The highest BCUT2D eigenvalue weighted by Gasteiger charge is 2.28. The molecular formula is C19H19ClN2O4S. The van der Waals surface area contributed by atoms with E-state index in [-0.39, 0.29) is 42.9 Å². The van der Waals surface area contributed by atoms with Crippen molar-refractivity contribution >= 4 is 33.6 Å². The Morgan fingerprint density at radius 2 is 1.70 bits per heavy atom. The molecule has 3 rings (SSSR count). The summed E-state index contributed by atoms with van der Waals surface area (Å²) in [5.41, 5.74) is 1.16. The molecular weight excluding hydrogens is 388 g/mol. The molecule has 1 aliphatic heterocycles. The third kappa shape index (κ3) is 4.68. The summed E-state index contributed by atoms with van der Waals surface area (Å²) in [5, 5.41) is 10.8. The molecule has 1 fully saturated rings. The Bertz CT molecular complexity index is 953. The van der Waals surface area contributed by atoms with Gasteiger partial charge in [0.2, 0.25) is 10.0 Å². The number of halogens is 1. The zero-order chi connectivity index (χ0) is 19.4. The molecule has 2 aromatic carbocycles. The van der Waals surface area contributed by atoms with Gasteiger partial charge in [0, 0.05) is 37.2 Å². The molecule has 1 heterocycles. The van der Waals surface area contributed by atoms with E-state index in [2.05, 4.69) is 0 Å². The van der Waals surface area contributed by atoms with Gasteiger partial charge in [-0.05, 0) is 29.8 Å². The number of carbonyl (C=O) groups excluding carboxylic acids is 1. The zero-order valence-corrected chi connectivity index (χ0v) is 16.0. The van der Waals surface area contributed by atoms with Crippen molar-refractivity contribution in [2.24, 2.45) is 0 Å². The van der Waals surface area contributed by atoms with E-state index < -0.39 is 10.0 Å². The van der Waals surface area contributed by atoms with E-state index in [0.29, 0.717) is 5.56 Å². The lowest BCUT2D eigenvalue weighted by atomic mass is 10.2. The average molecular weight is 407 g/mol. The molecule has 2 aromatic rings. The van der Waals surface area contributed by atoms with Gasteiger partial charge in [0.05, 0.1) is 5.02 Å². The van der Waals surface area contributed by atoms with Crippen LogP contribution in [-0.2, 0) is 10.0 Å². The van der Waals surface area contributed by atoms with E-state index in [1.54, 1.807) is 11.0 Å². The Kier molecular flexibility index (Phi) is 5.84. The highest BCUT2D eigenvalue weighted by atomic mass is 35.5. The summed E-state index contributed by atoms with van der Waals surface area (Å²) >= 11 is 5.85. The molecule has 142 valence electrons. The Balaban J connectivity index is 1.63. The van der Waals surface area contributed by atoms with Crippen LogP contribution in [0.2, 0.25) is 5.02 Å². The fraction of sp³-hybridized carbons (Fsp3) is 0.211. The van der Waals surface area contributed by atoms with Crippen molar-refractivity contribution in [1.82, 2.24) is 9.21 Å². The molecule has 1 amide bonds. The third-order valence-corrected chi connectivity index (χ3v) is 6.18. The SMILES string of the molecule is O=C(c1ccc(O)c(Cl)c1)N1CCN(S(=O)(=O)/C=C/c2ccccc2)CC1. The van der Waals surface area contributed by atoms with Gasteiger partial charge in [-0.15, -0.1) is 0 Å². The maximum Gasteiger partial charge on any atom is 0.253 e. The first-order valence-electron chi connectivity index (χ1n) is 8.38. The summed E-state index contributed by atoms with van der Waals surface area (Å²) < 4.78 is 26.3. The minimum Gasteiger partial charge on any atom is -0.506 e. The van der Waals surface area contributed by atoms with Gasteiger partial charge in [0.1, 0.15) is 5.75 Å². The number of phenols is 1. The lowest BCUT2D eigenvalue weighted by Gasteiger charge is -2.33. The third-order valence-electron chi connectivity index (χ3n) is 4.31. The molecule has 1 N–H and O–H groups in total. The molecule has 0 unspecified atom stereocenters. The van der Waals surface area contributed by atoms with Crippen molar-refractivity contribution < 1.29 is 18.3 Å². The maximum absolute atomic E-state index is 12.5. The second-order valence-electron chi connectivity index (χ2n) is 6.12. The number of piperazine rings is 1. The molecule has 0 saturated carbocycles. The van der Waals surface area contributed by atoms with Crippen LogP contribution < -0.4 is 0 Å². The molecule has 0 radical (unpaired) electrons. The van der Waals surface area contributed by atoms with Crippen molar-refractivity contribution in [3.8, 4) is 5.75 Å². The van der Waals surface area contributed by atoms with Crippen LogP contribution in [0.15, 0.2) is 53.9 Å². The number of phenolic OH excluding ortho intramolecular Hbond substituents is 1. The molecule has 0 atom stereocenters. The Labute approximate surface area is 163 Å². The molecule has 1 aliphatic rings. The molecule has 8 heteroatoms. The topological polar surface area (TPSA) is 77.9 Å². The van der Waals surface area contributed by atoms with Crippen molar-refractivity contribution in [2.45, 2.75) is 0 Å². The van der Waals surface area contributed by atoms with E-state index in [9.17, 15) is 18.3 Å². The Hall–Kier alpha value is -2.35. The van der Waals surface area contributed by atoms with Gasteiger partial charge >= 0.3 is 0 Å². The van der Waals surface area contributed by atoms with Gasteiger partial charge in [-0.3, -0.25) is 4.79 Å². The van der Waals surface area contributed by atoms with Crippen LogP contribution in [-0.4, -0.2) is 54.8 Å². The second kappa shape index (κ2) is 8.12. The summed E-state index contributed by atoms with van der Waals surface area (Å²) in [6.45, 7) is 1.02. The number of benzene rings is 2. The summed E-state index contributed by atoms with van der Waals surface area (Å²) in [6.07, 6.45) is 1.56. The lowest BCUT2D eigenvalue weighted by molar-refractivity contribution is 0.0698. The van der Waals surface area contributed by atoms with Gasteiger partial charge in [-0.2, -0.15) is 4.31 Å². The van der Waals surface area contributed by atoms with Crippen LogP contribution >= 0.6 is 11.6 Å². The monoisotopic (exact) mass is 406 g/mol. The highest BCUT2D eigenvalue weighted by molar-refractivity contribution is 7.92. The smallest absolute Gasteiger partial charge is 0.253 e. The lowest BCUT2D eigenvalue weighted by Crippen LogP contribution is -2.50. The minimum atomic E-state index is -3.55. The maximum atomic E-state index is 12.5. The van der Waals surface area contributed by atoms with Gasteiger partial charge in [-0.25, -0.2) is 8.42 Å².